The zero-order valence-electron chi connectivity index (χ0n) is 28.1. The summed E-state index contributed by atoms with van der Waals surface area (Å²) < 4.78 is 0. The van der Waals surface area contributed by atoms with Gasteiger partial charge in [-0.15, -0.1) is 0 Å². The fourth-order valence-corrected chi connectivity index (χ4v) is 8.45. The lowest BCUT2D eigenvalue weighted by Crippen LogP contribution is -2.28. The molecule has 3 aromatic heterocycles. The average molecular weight is 666 g/mol. The first-order valence-electron chi connectivity index (χ1n) is 17.8. The Balaban J connectivity index is 1.08. The minimum atomic E-state index is 0.137. The lowest BCUT2D eigenvalue weighted by molar-refractivity contribution is 0.744. The molecule has 2 aliphatic heterocycles. The van der Waals surface area contributed by atoms with Gasteiger partial charge in [-0.05, 0) is 70.1 Å². The van der Waals surface area contributed by atoms with Crippen molar-refractivity contribution in [2.75, 3.05) is 9.80 Å². The van der Waals surface area contributed by atoms with Gasteiger partial charge in [-0.1, -0.05) is 115 Å². The predicted octanol–water partition coefficient (Wildman–Crippen LogP) is 11.5. The van der Waals surface area contributed by atoms with Crippen LogP contribution in [0.4, 0.5) is 22.9 Å². The number of allylic oxidation sites excluding steroid dienone is 2. The van der Waals surface area contributed by atoms with E-state index in [-0.39, 0.29) is 12.0 Å². The second kappa shape index (κ2) is 11.3. The van der Waals surface area contributed by atoms with Gasteiger partial charge in [-0.2, -0.15) is 0 Å². The highest BCUT2D eigenvalue weighted by Gasteiger charge is 2.40. The third kappa shape index (κ3) is 4.39. The summed E-state index contributed by atoms with van der Waals surface area (Å²) in [6.07, 6.45) is 17.4. The minimum Gasteiger partial charge on any atom is -0.332 e. The van der Waals surface area contributed by atoms with Crippen molar-refractivity contribution in [2.24, 2.45) is 0 Å². The van der Waals surface area contributed by atoms with Crippen molar-refractivity contribution in [1.29, 1.82) is 0 Å². The Morgan fingerprint density at radius 1 is 0.577 bits per heavy atom. The number of anilines is 4. The Morgan fingerprint density at radius 2 is 1.37 bits per heavy atom. The molecule has 0 saturated heterocycles. The van der Waals surface area contributed by atoms with Crippen molar-refractivity contribution in [3.05, 3.63) is 181 Å². The molecule has 0 amide bonds. The maximum atomic E-state index is 5.28. The number of rotatable bonds is 4. The Hall–Kier alpha value is -6.85. The van der Waals surface area contributed by atoms with Crippen LogP contribution in [0.1, 0.15) is 17.0 Å². The number of fused-ring (bicyclic) bond motifs is 7. The van der Waals surface area contributed by atoms with Gasteiger partial charge in [-0.25, -0.2) is 4.98 Å². The van der Waals surface area contributed by atoms with Gasteiger partial charge in [0.15, 0.2) is 0 Å². The van der Waals surface area contributed by atoms with Gasteiger partial charge < -0.3 is 9.80 Å². The second-order valence-electron chi connectivity index (χ2n) is 13.7. The van der Waals surface area contributed by atoms with Crippen LogP contribution in [0.5, 0.6) is 0 Å². The summed E-state index contributed by atoms with van der Waals surface area (Å²) in [4.78, 5) is 19.7. The highest BCUT2D eigenvalue weighted by molar-refractivity contribution is 6.09. The molecule has 0 bridgehead atoms. The van der Waals surface area contributed by atoms with E-state index >= 15 is 0 Å². The number of aromatic nitrogens is 3. The maximum Gasteiger partial charge on any atom is 0.138 e. The Labute approximate surface area is 301 Å². The quantitative estimate of drug-likeness (QED) is 0.175. The molecule has 5 heterocycles. The topological polar surface area (TPSA) is 45.2 Å². The van der Waals surface area contributed by atoms with E-state index in [1.165, 1.54) is 27.6 Å². The van der Waals surface area contributed by atoms with Gasteiger partial charge in [0.1, 0.15) is 5.82 Å². The van der Waals surface area contributed by atoms with Crippen LogP contribution in [0.3, 0.4) is 0 Å². The summed E-state index contributed by atoms with van der Waals surface area (Å²) in [5, 5.41) is 4.63. The monoisotopic (exact) mass is 665 g/mol. The van der Waals surface area contributed by atoms with Gasteiger partial charge >= 0.3 is 0 Å². The molecule has 0 radical (unpaired) electrons. The number of benzene rings is 5. The van der Waals surface area contributed by atoms with Crippen molar-refractivity contribution in [3.63, 3.8) is 0 Å². The normalized spacial score (nSPS) is 16.9. The summed E-state index contributed by atoms with van der Waals surface area (Å²) in [6.45, 7) is 0. The highest BCUT2D eigenvalue weighted by Crippen LogP contribution is 2.54. The lowest BCUT2D eigenvalue weighted by Gasteiger charge is -2.29. The second-order valence-corrected chi connectivity index (χ2v) is 13.7. The molecular weight excluding hydrogens is 635 g/mol. The lowest BCUT2D eigenvalue weighted by atomic mass is 9.85. The fourth-order valence-electron chi connectivity index (χ4n) is 8.45. The molecule has 5 nitrogen and oxygen atoms in total. The van der Waals surface area contributed by atoms with Gasteiger partial charge in [0.05, 0.1) is 40.3 Å². The van der Waals surface area contributed by atoms with Crippen LogP contribution in [-0.4, -0.2) is 21.0 Å². The van der Waals surface area contributed by atoms with E-state index < -0.39 is 0 Å². The first-order chi connectivity index (χ1) is 25.8. The molecule has 1 aliphatic carbocycles. The van der Waals surface area contributed by atoms with Crippen molar-refractivity contribution in [1.82, 2.24) is 15.0 Å². The molecule has 0 spiro atoms. The fraction of sp³-hybridized carbons (Fsp3) is 0.0426. The van der Waals surface area contributed by atoms with E-state index in [2.05, 4.69) is 167 Å². The first kappa shape index (κ1) is 28.9. The van der Waals surface area contributed by atoms with Gasteiger partial charge in [-0.3, -0.25) is 9.97 Å². The van der Waals surface area contributed by atoms with Crippen LogP contribution in [0.15, 0.2) is 170 Å². The molecule has 5 aromatic carbocycles. The summed E-state index contributed by atoms with van der Waals surface area (Å²) in [6, 6.07) is 45.2. The zero-order valence-corrected chi connectivity index (χ0v) is 28.1. The van der Waals surface area contributed by atoms with Gasteiger partial charge in [0.2, 0.25) is 0 Å². The van der Waals surface area contributed by atoms with Crippen LogP contribution in [0, 0.1) is 0 Å². The Bertz CT molecular complexity index is 2760. The van der Waals surface area contributed by atoms with Crippen molar-refractivity contribution >= 4 is 61.5 Å². The molecule has 2 unspecified atom stereocenters. The zero-order chi connectivity index (χ0) is 34.2. The van der Waals surface area contributed by atoms with Crippen LogP contribution in [-0.2, 0) is 0 Å². The third-order valence-electron chi connectivity index (χ3n) is 10.8. The van der Waals surface area contributed by atoms with Gasteiger partial charge in [0.25, 0.3) is 0 Å². The molecule has 0 saturated carbocycles. The van der Waals surface area contributed by atoms with E-state index in [1.54, 1.807) is 0 Å². The van der Waals surface area contributed by atoms with Crippen LogP contribution in [0.25, 0.3) is 61.0 Å². The van der Waals surface area contributed by atoms with E-state index in [4.69, 9.17) is 9.97 Å². The van der Waals surface area contributed by atoms with Crippen molar-refractivity contribution in [2.45, 2.75) is 12.0 Å². The highest BCUT2D eigenvalue weighted by atomic mass is 15.2. The van der Waals surface area contributed by atoms with E-state index in [0.29, 0.717) is 0 Å². The molecule has 8 aromatic rings. The maximum absolute atomic E-state index is 5.28. The minimum absolute atomic E-state index is 0.137. The van der Waals surface area contributed by atoms with Crippen LogP contribution in [0.2, 0.25) is 0 Å². The molecule has 3 aliphatic rings. The Kier molecular flexibility index (Phi) is 6.31. The van der Waals surface area contributed by atoms with E-state index in [9.17, 15) is 0 Å². The molecule has 5 heteroatoms. The van der Waals surface area contributed by atoms with Crippen molar-refractivity contribution < 1.29 is 0 Å². The summed E-state index contributed by atoms with van der Waals surface area (Å²) in [5.41, 5.74) is 12.2. The Morgan fingerprint density at radius 3 is 2.25 bits per heavy atom. The van der Waals surface area contributed by atoms with Crippen LogP contribution >= 0.6 is 0 Å². The molecule has 244 valence electrons. The smallest absolute Gasteiger partial charge is 0.138 e. The standard InChI is InChI=1S/C47H31N5/c1-3-11-30(12-4-1)35-26-39(31-13-5-2-6-14-31)50-43(28-35)51-24-22-38-44-33(15-9-19-41(44)51)27-42-45(38)37-17-7-8-18-40(37)52(42)36-25-34-21-20-32-16-10-23-48-46(32)47(34)49-29-36/h1-29,37,40H. The summed E-state index contributed by atoms with van der Waals surface area (Å²) in [7, 11) is 0. The molecule has 0 N–H and O–H groups in total. The van der Waals surface area contributed by atoms with Crippen molar-refractivity contribution in [3.8, 4) is 22.4 Å². The summed E-state index contributed by atoms with van der Waals surface area (Å²) >= 11 is 0. The van der Waals surface area contributed by atoms with E-state index in [0.717, 1.165) is 61.4 Å². The predicted molar refractivity (Wildman–Crippen MR) is 214 cm³/mol. The molecule has 52 heavy (non-hydrogen) atoms. The van der Waals surface area contributed by atoms with E-state index in [1.807, 2.05) is 24.5 Å². The number of nitrogens with zero attached hydrogens (tertiary/aromatic N) is 5. The van der Waals surface area contributed by atoms with Gasteiger partial charge in [0, 0.05) is 45.7 Å². The number of hydrogen-bond donors (Lipinski definition) is 0. The first-order valence-corrected chi connectivity index (χ1v) is 17.8. The molecular formula is C47H31N5. The molecule has 2 atom stereocenters. The molecule has 0 fully saturated rings. The number of hydrogen-bond acceptors (Lipinski definition) is 5. The summed E-state index contributed by atoms with van der Waals surface area (Å²) in [5.74, 6) is 1.08. The average Bonchev–Trinajstić information content (AvgIpc) is 3.55. The SMILES string of the molecule is C1=CC2c3c(cc4cccc5c4c3C=CN5c3cc(-c4ccccc4)cc(-c4ccccc4)n3)N(c3cnc4c(ccc5cccnc54)c3)C2C=C1. The molecule has 11 rings (SSSR count). The number of pyridine rings is 3. The largest absolute Gasteiger partial charge is 0.332 e. The van der Waals surface area contributed by atoms with Crippen LogP contribution < -0.4 is 9.80 Å². The third-order valence-corrected chi connectivity index (χ3v) is 10.8.